The van der Waals surface area contributed by atoms with Gasteiger partial charge in [0.25, 0.3) is 0 Å². The van der Waals surface area contributed by atoms with E-state index in [0.717, 1.165) is 55.2 Å². The van der Waals surface area contributed by atoms with Crippen LogP contribution in [0.2, 0.25) is 0 Å². The molecule has 9 aromatic rings. The molecule has 0 aliphatic carbocycles. The average molecular weight is 703 g/mol. The van der Waals surface area contributed by atoms with Crippen LogP contribution in [-0.4, -0.2) is 19.1 Å². The highest BCUT2D eigenvalue weighted by molar-refractivity contribution is 5.87. The van der Waals surface area contributed by atoms with Crippen molar-refractivity contribution in [1.29, 1.82) is 0 Å². The molecule has 6 nitrogen and oxygen atoms in total. The quantitative estimate of drug-likeness (QED) is 0.142. The lowest BCUT2D eigenvalue weighted by atomic mass is 9.98. The minimum Gasteiger partial charge on any atom is -0.462 e. The standard InChI is InChI=1S/C48H38N4O2/c1-51-31-15-29-41(51)44(39-27-13-23-33-17-9-11-25-37(33)39)53-47-43(35-19-5-3-6-20-35)48(50-46(49-47)36-21-7-4-8-22-36)54-45(42-30-16-32-52(42)2)40-28-14-24-34-18-10-12-26-38(34)40/h3-32,44-45H,1-2H3/t44-,45-/m1/s1. The van der Waals surface area contributed by atoms with Gasteiger partial charge in [0.05, 0.1) is 11.4 Å². The van der Waals surface area contributed by atoms with Crippen LogP contribution in [0.15, 0.2) is 182 Å². The highest BCUT2D eigenvalue weighted by Crippen LogP contribution is 2.44. The Balaban J connectivity index is 1.30. The second-order valence-corrected chi connectivity index (χ2v) is 13.5. The molecule has 0 bridgehead atoms. The number of hydrogen-bond acceptors (Lipinski definition) is 4. The molecule has 0 saturated carbocycles. The maximum absolute atomic E-state index is 7.34. The van der Waals surface area contributed by atoms with Crippen LogP contribution in [-0.2, 0) is 14.1 Å². The molecule has 0 aliphatic rings. The molecule has 0 fully saturated rings. The Kier molecular flexibility index (Phi) is 8.69. The summed E-state index contributed by atoms with van der Waals surface area (Å²) >= 11 is 0. The molecule has 0 aliphatic heterocycles. The van der Waals surface area contributed by atoms with Crippen LogP contribution >= 0.6 is 0 Å². The SMILES string of the molecule is Cn1cccc1[C@H](Oc1nc(-c2ccccc2)nc(O[C@H](c2cccc3ccccc23)c2cccn2C)c1-c1ccccc1)c1cccc2ccccc12. The summed E-state index contributed by atoms with van der Waals surface area (Å²) in [6, 6.07) is 58.1. The lowest BCUT2D eigenvalue weighted by Gasteiger charge is -2.26. The summed E-state index contributed by atoms with van der Waals surface area (Å²) in [5.41, 5.74) is 6.47. The van der Waals surface area contributed by atoms with Crippen LogP contribution in [0.25, 0.3) is 44.1 Å². The fraction of sp³-hybridized carbons (Fsp3) is 0.0833. The van der Waals surface area contributed by atoms with Gasteiger partial charge in [0.1, 0.15) is 5.56 Å². The molecule has 0 N–H and O–H groups in total. The number of hydrogen-bond donors (Lipinski definition) is 0. The van der Waals surface area contributed by atoms with Crippen molar-refractivity contribution in [1.82, 2.24) is 19.1 Å². The topological polar surface area (TPSA) is 54.1 Å². The number of aryl methyl sites for hydroxylation is 2. The first-order chi connectivity index (χ1) is 26.6. The fourth-order valence-corrected chi connectivity index (χ4v) is 7.40. The van der Waals surface area contributed by atoms with Gasteiger partial charge < -0.3 is 18.6 Å². The Morgan fingerprint density at radius 2 is 0.852 bits per heavy atom. The Hall–Kier alpha value is -6.92. The molecule has 0 radical (unpaired) electrons. The van der Waals surface area contributed by atoms with Gasteiger partial charge in [-0.3, -0.25) is 0 Å². The van der Waals surface area contributed by atoms with E-state index < -0.39 is 12.2 Å². The highest BCUT2D eigenvalue weighted by atomic mass is 16.5. The molecule has 3 heterocycles. The summed E-state index contributed by atoms with van der Waals surface area (Å²) in [5, 5.41) is 4.50. The first-order valence-electron chi connectivity index (χ1n) is 18.2. The molecule has 0 spiro atoms. The van der Waals surface area contributed by atoms with Crippen molar-refractivity contribution >= 4 is 21.5 Å². The van der Waals surface area contributed by atoms with E-state index in [1.807, 2.05) is 87.2 Å². The number of fused-ring (bicyclic) bond motifs is 2. The van der Waals surface area contributed by atoms with E-state index in [9.17, 15) is 0 Å². The summed E-state index contributed by atoms with van der Waals surface area (Å²) < 4.78 is 18.9. The molecule has 3 aromatic heterocycles. The van der Waals surface area contributed by atoms with Crippen LogP contribution in [0.4, 0.5) is 0 Å². The van der Waals surface area contributed by atoms with Crippen LogP contribution in [0.3, 0.4) is 0 Å². The summed E-state index contributed by atoms with van der Waals surface area (Å²) in [6.45, 7) is 0. The van der Waals surface area contributed by atoms with E-state index in [1.54, 1.807) is 0 Å². The second-order valence-electron chi connectivity index (χ2n) is 13.5. The summed E-state index contributed by atoms with van der Waals surface area (Å²) in [6.07, 6.45) is 3.08. The zero-order valence-electron chi connectivity index (χ0n) is 30.1. The van der Waals surface area contributed by atoms with Gasteiger partial charge in [-0.25, -0.2) is 0 Å². The predicted octanol–water partition coefficient (Wildman–Crippen LogP) is 11.1. The van der Waals surface area contributed by atoms with Crippen LogP contribution in [0.5, 0.6) is 11.8 Å². The first kappa shape index (κ1) is 33.0. The van der Waals surface area contributed by atoms with Gasteiger partial charge in [-0.1, -0.05) is 146 Å². The largest absolute Gasteiger partial charge is 0.462 e. The molecule has 6 heteroatoms. The van der Waals surface area contributed by atoms with Gasteiger partial charge in [-0.2, -0.15) is 9.97 Å². The third kappa shape index (κ3) is 6.18. The minimum atomic E-state index is -0.508. The van der Waals surface area contributed by atoms with Gasteiger partial charge in [-0.05, 0) is 51.4 Å². The Bertz CT molecular complexity index is 2560. The normalized spacial score (nSPS) is 12.5. The maximum atomic E-state index is 7.34. The van der Waals surface area contributed by atoms with Crippen LogP contribution in [0, 0.1) is 0 Å². The molecular weight excluding hydrogens is 665 g/mol. The summed E-state index contributed by atoms with van der Waals surface area (Å²) in [4.78, 5) is 10.5. The Morgan fingerprint density at radius 3 is 1.31 bits per heavy atom. The van der Waals surface area contributed by atoms with Gasteiger partial charge >= 0.3 is 0 Å². The van der Waals surface area contributed by atoms with E-state index in [4.69, 9.17) is 19.4 Å². The van der Waals surface area contributed by atoms with Gasteiger partial charge in [0.2, 0.25) is 11.8 Å². The molecule has 2 atom stereocenters. The molecule has 262 valence electrons. The Labute approximate surface area is 314 Å². The van der Waals surface area contributed by atoms with E-state index >= 15 is 0 Å². The van der Waals surface area contributed by atoms with Crippen molar-refractivity contribution in [2.24, 2.45) is 14.1 Å². The van der Waals surface area contributed by atoms with Crippen LogP contribution in [0.1, 0.15) is 34.7 Å². The maximum Gasteiger partial charge on any atom is 0.230 e. The number of ether oxygens (including phenoxy) is 2. The third-order valence-corrected chi connectivity index (χ3v) is 10.1. The smallest absolute Gasteiger partial charge is 0.230 e. The highest BCUT2D eigenvalue weighted by Gasteiger charge is 2.30. The van der Waals surface area contributed by atoms with Crippen molar-refractivity contribution in [3.05, 3.63) is 205 Å². The van der Waals surface area contributed by atoms with E-state index in [1.165, 1.54) is 0 Å². The third-order valence-electron chi connectivity index (χ3n) is 10.1. The summed E-state index contributed by atoms with van der Waals surface area (Å²) in [7, 11) is 4.10. The van der Waals surface area contributed by atoms with E-state index in [0.29, 0.717) is 23.1 Å². The number of benzene rings is 6. The van der Waals surface area contributed by atoms with Crippen molar-refractivity contribution in [2.75, 3.05) is 0 Å². The fourth-order valence-electron chi connectivity index (χ4n) is 7.40. The van der Waals surface area contributed by atoms with Crippen LogP contribution < -0.4 is 9.47 Å². The second kappa shape index (κ2) is 14.2. The van der Waals surface area contributed by atoms with Crippen molar-refractivity contribution in [3.63, 3.8) is 0 Å². The molecule has 9 rings (SSSR count). The van der Waals surface area contributed by atoms with E-state index in [-0.39, 0.29) is 0 Å². The number of aromatic nitrogens is 4. The molecule has 0 amide bonds. The van der Waals surface area contributed by atoms with Gasteiger partial charge in [0, 0.05) is 43.2 Å². The van der Waals surface area contributed by atoms with Crippen molar-refractivity contribution < 1.29 is 9.47 Å². The zero-order valence-corrected chi connectivity index (χ0v) is 30.1. The van der Waals surface area contributed by atoms with Crippen molar-refractivity contribution in [2.45, 2.75) is 12.2 Å². The molecule has 0 unspecified atom stereocenters. The molecule has 0 saturated heterocycles. The lowest BCUT2D eigenvalue weighted by Crippen LogP contribution is -2.17. The predicted molar refractivity (Wildman–Crippen MR) is 217 cm³/mol. The zero-order chi connectivity index (χ0) is 36.4. The van der Waals surface area contributed by atoms with Crippen molar-refractivity contribution in [3.8, 4) is 34.3 Å². The Morgan fingerprint density at radius 1 is 0.426 bits per heavy atom. The monoisotopic (exact) mass is 702 g/mol. The van der Waals surface area contributed by atoms with Gasteiger partial charge in [0.15, 0.2) is 18.0 Å². The molecular formula is C48H38N4O2. The summed E-state index contributed by atoms with van der Waals surface area (Å²) in [5.74, 6) is 1.35. The molecule has 6 aromatic carbocycles. The van der Waals surface area contributed by atoms with E-state index in [2.05, 4.69) is 118 Å². The number of nitrogens with zero attached hydrogens (tertiary/aromatic N) is 4. The van der Waals surface area contributed by atoms with Gasteiger partial charge in [-0.15, -0.1) is 0 Å². The lowest BCUT2D eigenvalue weighted by molar-refractivity contribution is 0.216. The number of rotatable bonds is 10. The molecule has 54 heavy (non-hydrogen) atoms. The first-order valence-corrected chi connectivity index (χ1v) is 18.2. The minimum absolute atomic E-state index is 0.424. The average Bonchev–Trinajstić information content (AvgIpc) is 3.86.